The highest BCUT2D eigenvalue weighted by Gasteiger charge is 2.21. The maximum atomic E-state index is 12.2. The molecule has 0 aliphatic rings. The van der Waals surface area contributed by atoms with Crippen molar-refractivity contribution < 1.29 is 14.3 Å². The third-order valence-corrected chi connectivity index (χ3v) is 2.99. The quantitative estimate of drug-likeness (QED) is 0.908. The van der Waals surface area contributed by atoms with Crippen LogP contribution in [-0.2, 0) is 0 Å². The zero-order valence-electron chi connectivity index (χ0n) is 12.8. The van der Waals surface area contributed by atoms with E-state index in [9.17, 15) is 9.90 Å². The highest BCUT2D eigenvalue weighted by molar-refractivity contribution is 5.91. The van der Waals surface area contributed by atoms with Crippen molar-refractivity contribution in [2.24, 2.45) is 0 Å². The molecule has 2 rings (SSSR count). The van der Waals surface area contributed by atoms with Gasteiger partial charge in [-0.3, -0.25) is 0 Å². The van der Waals surface area contributed by atoms with Crippen molar-refractivity contribution >= 4 is 22.8 Å². The number of likely N-dealkylation sites (N-methyl/N-ethyl adjacent to an activating group) is 1. The fourth-order valence-electron chi connectivity index (χ4n) is 2.11. The van der Waals surface area contributed by atoms with E-state index in [1.54, 1.807) is 43.9 Å². The van der Waals surface area contributed by atoms with Gasteiger partial charge in [0.15, 0.2) is 11.5 Å². The van der Waals surface area contributed by atoms with Crippen LogP contribution >= 0.6 is 0 Å². The number of aromatic nitrogens is 1. The molecule has 0 saturated heterocycles. The molecule has 1 aromatic carbocycles. The molecule has 2 aromatic rings. The molecule has 0 saturated carbocycles. The first-order valence-electron chi connectivity index (χ1n) is 6.94. The normalized spacial score (nSPS) is 11.7. The molecule has 0 radical (unpaired) electrons. The Bertz CT molecular complexity index is 643. The largest absolute Gasteiger partial charge is 0.441 e. The third-order valence-electron chi connectivity index (χ3n) is 2.99. The van der Waals surface area contributed by atoms with E-state index in [1.165, 1.54) is 0 Å². The van der Waals surface area contributed by atoms with Crippen LogP contribution in [0.5, 0.6) is 0 Å². The Morgan fingerprint density at radius 1 is 1.48 bits per heavy atom. The van der Waals surface area contributed by atoms with Gasteiger partial charge >= 0.3 is 6.03 Å². The van der Waals surface area contributed by atoms with Crippen LogP contribution in [0.15, 0.2) is 22.6 Å². The summed E-state index contributed by atoms with van der Waals surface area (Å²) in [4.78, 5) is 18.0. The number of carbonyl (C=O) groups excluding carboxylic acids is 1. The second-order valence-corrected chi connectivity index (χ2v) is 5.67. The van der Waals surface area contributed by atoms with Crippen molar-refractivity contribution in [3.63, 3.8) is 0 Å². The van der Waals surface area contributed by atoms with Crippen LogP contribution in [0.25, 0.3) is 11.1 Å². The first-order valence-corrected chi connectivity index (χ1v) is 6.94. The number of hydrogen-bond donors (Lipinski definition) is 2. The number of rotatable bonds is 4. The van der Waals surface area contributed by atoms with Gasteiger partial charge in [-0.25, -0.2) is 9.78 Å². The van der Waals surface area contributed by atoms with E-state index >= 15 is 0 Å². The highest BCUT2D eigenvalue weighted by Crippen LogP contribution is 2.20. The smallest absolute Gasteiger partial charge is 0.321 e. The van der Waals surface area contributed by atoms with E-state index < -0.39 is 5.60 Å². The van der Waals surface area contributed by atoms with Gasteiger partial charge in [-0.1, -0.05) is 0 Å². The van der Waals surface area contributed by atoms with Gasteiger partial charge in [0.05, 0.1) is 12.1 Å². The molecule has 0 aliphatic carbocycles. The van der Waals surface area contributed by atoms with Crippen LogP contribution in [0.1, 0.15) is 26.7 Å². The Kier molecular flexibility index (Phi) is 4.18. The molecule has 21 heavy (non-hydrogen) atoms. The van der Waals surface area contributed by atoms with Crippen LogP contribution in [0.2, 0.25) is 0 Å². The Morgan fingerprint density at radius 2 is 2.19 bits per heavy atom. The molecular weight excluding hydrogens is 270 g/mol. The lowest BCUT2D eigenvalue weighted by Gasteiger charge is -2.28. The first kappa shape index (κ1) is 15.3. The number of fused-ring (bicyclic) bond motifs is 1. The number of aryl methyl sites for hydroxylation is 1. The van der Waals surface area contributed by atoms with Crippen LogP contribution in [-0.4, -0.2) is 39.7 Å². The number of nitrogens with zero attached hydrogens (tertiary/aromatic N) is 2. The number of carbonyl (C=O) groups is 1. The Labute approximate surface area is 123 Å². The summed E-state index contributed by atoms with van der Waals surface area (Å²) in [6.07, 6.45) is 0. The summed E-state index contributed by atoms with van der Waals surface area (Å²) in [7, 11) is 0. The third kappa shape index (κ3) is 3.95. The molecule has 0 atom stereocenters. The van der Waals surface area contributed by atoms with E-state index in [0.717, 1.165) is 5.52 Å². The number of urea groups is 1. The van der Waals surface area contributed by atoms with Gasteiger partial charge in [-0.2, -0.15) is 0 Å². The average Bonchev–Trinajstić information content (AvgIpc) is 2.74. The Balaban J connectivity index is 2.12. The second-order valence-electron chi connectivity index (χ2n) is 5.67. The number of oxazole rings is 1. The van der Waals surface area contributed by atoms with Crippen LogP contribution in [0.4, 0.5) is 10.5 Å². The van der Waals surface area contributed by atoms with Gasteiger partial charge in [0.1, 0.15) is 5.52 Å². The predicted molar refractivity (Wildman–Crippen MR) is 81.3 cm³/mol. The first-order chi connectivity index (χ1) is 9.78. The van der Waals surface area contributed by atoms with E-state index in [4.69, 9.17) is 4.42 Å². The molecule has 6 heteroatoms. The molecule has 1 heterocycles. The van der Waals surface area contributed by atoms with Crippen LogP contribution < -0.4 is 5.32 Å². The average molecular weight is 291 g/mol. The lowest BCUT2D eigenvalue weighted by Crippen LogP contribution is -2.44. The summed E-state index contributed by atoms with van der Waals surface area (Å²) in [5.74, 6) is 0.589. The van der Waals surface area contributed by atoms with Crippen molar-refractivity contribution in [1.82, 2.24) is 9.88 Å². The topological polar surface area (TPSA) is 78.6 Å². The molecule has 6 nitrogen and oxygen atoms in total. The minimum atomic E-state index is -0.931. The van der Waals surface area contributed by atoms with Crippen molar-refractivity contribution in [3.8, 4) is 0 Å². The van der Waals surface area contributed by atoms with Crippen molar-refractivity contribution in [2.75, 3.05) is 18.4 Å². The maximum Gasteiger partial charge on any atom is 0.321 e. The number of nitrogens with one attached hydrogen (secondary N) is 1. The number of hydrogen-bond acceptors (Lipinski definition) is 4. The zero-order valence-corrected chi connectivity index (χ0v) is 12.8. The summed E-state index contributed by atoms with van der Waals surface area (Å²) in [6.45, 7) is 7.77. The minimum absolute atomic E-state index is 0.254. The summed E-state index contributed by atoms with van der Waals surface area (Å²) in [6, 6.07) is 5.06. The van der Waals surface area contributed by atoms with Gasteiger partial charge in [0.2, 0.25) is 0 Å². The van der Waals surface area contributed by atoms with E-state index in [-0.39, 0.29) is 12.6 Å². The summed E-state index contributed by atoms with van der Waals surface area (Å²) in [5.41, 5.74) is 1.10. The predicted octanol–water partition coefficient (Wildman–Crippen LogP) is 2.76. The molecule has 0 bridgehead atoms. The van der Waals surface area contributed by atoms with Gasteiger partial charge in [0, 0.05) is 25.2 Å². The number of anilines is 1. The lowest BCUT2D eigenvalue weighted by atomic mass is 10.1. The van der Waals surface area contributed by atoms with Gasteiger partial charge in [-0.05, 0) is 32.9 Å². The highest BCUT2D eigenvalue weighted by atomic mass is 16.3. The maximum absolute atomic E-state index is 12.2. The molecule has 0 unspecified atom stereocenters. The molecule has 1 aromatic heterocycles. The summed E-state index contributed by atoms with van der Waals surface area (Å²) >= 11 is 0. The molecule has 114 valence electrons. The van der Waals surface area contributed by atoms with Crippen molar-refractivity contribution in [1.29, 1.82) is 0 Å². The monoisotopic (exact) mass is 291 g/mol. The minimum Gasteiger partial charge on any atom is -0.441 e. The standard InChI is InChI=1S/C15H21N3O3/c1-5-18(9-15(3,4)20)14(19)17-11-6-7-12-13(8-11)21-10(2)16-12/h6-8,20H,5,9H2,1-4H3,(H,17,19). The number of benzene rings is 1. The fraction of sp³-hybridized carbons (Fsp3) is 0.467. The number of amides is 2. The second kappa shape index (κ2) is 5.73. The van der Waals surface area contributed by atoms with Gasteiger partial charge in [0.25, 0.3) is 0 Å². The fourth-order valence-corrected chi connectivity index (χ4v) is 2.11. The number of aliphatic hydroxyl groups is 1. The Hall–Kier alpha value is -2.08. The SMILES string of the molecule is CCN(CC(C)(C)O)C(=O)Nc1ccc2nc(C)oc2c1. The van der Waals surface area contributed by atoms with E-state index in [2.05, 4.69) is 10.3 Å². The molecular formula is C15H21N3O3. The lowest BCUT2D eigenvalue weighted by molar-refractivity contribution is 0.0501. The molecule has 2 N–H and O–H groups in total. The van der Waals surface area contributed by atoms with Crippen LogP contribution in [0, 0.1) is 6.92 Å². The molecule has 0 aliphatic heterocycles. The van der Waals surface area contributed by atoms with Crippen LogP contribution in [0.3, 0.4) is 0 Å². The van der Waals surface area contributed by atoms with Crippen molar-refractivity contribution in [3.05, 3.63) is 24.1 Å². The van der Waals surface area contributed by atoms with Gasteiger partial charge in [-0.15, -0.1) is 0 Å². The molecule has 2 amide bonds. The molecule has 0 fully saturated rings. The Morgan fingerprint density at radius 3 is 2.81 bits per heavy atom. The van der Waals surface area contributed by atoms with E-state index in [0.29, 0.717) is 23.7 Å². The summed E-state index contributed by atoms with van der Waals surface area (Å²) in [5, 5.41) is 12.6. The van der Waals surface area contributed by atoms with Crippen molar-refractivity contribution in [2.45, 2.75) is 33.3 Å². The van der Waals surface area contributed by atoms with E-state index in [1.807, 2.05) is 6.92 Å². The summed E-state index contributed by atoms with van der Waals surface area (Å²) < 4.78 is 5.44. The van der Waals surface area contributed by atoms with Gasteiger partial charge < -0.3 is 19.7 Å². The zero-order chi connectivity index (χ0) is 15.6. The molecule has 0 spiro atoms.